The molecule has 0 aromatic carbocycles. The molecule has 17 heavy (non-hydrogen) atoms. The van der Waals surface area contributed by atoms with E-state index in [-0.39, 0.29) is 11.7 Å². The van der Waals surface area contributed by atoms with Gasteiger partial charge in [0.15, 0.2) is 0 Å². The molecule has 4 nitrogen and oxygen atoms in total. The molecule has 96 valence electrons. The van der Waals surface area contributed by atoms with Gasteiger partial charge in [-0.15, -0.1) is 11.6 Å². The Labute approximate surface area is 107 Å². The number of Topliss-reactive ketones (excluding diaryl/α,β-unsaturated/α-hetero) is 1. The number of halogens is 1. The third kappa shape index (κ3) is 4.46. The molecule has 1 rings (SSSR count). The first-order valence-electron chi connectivity index (χ1n) is 5.97. The van der Waals surface area contributed by atoms with Crippen LogP contribution < -0.4 is 0 Å². The maximum absolute atomic E-state index is 11.5. The predicted molar refractivity (Wildman–Crippen MR) is 68.1 cm³/mol. The first kappa shape index (κ1) is 14.2. The summed E-state index contributed by atoms with van der Waals surface area (Å²) in [6, 6.07) is 0. The van der Waals surface area contributed by atoms with Gasteiger partial charge in [0, 0.05) is 24.8 Å². The molecule has 0 aliphatic carbocycles. The Morgan fingerprint density at radius 1 is 1.53 bits per heavy atom. The van der Waals surface area contributed by atoms with Crippen LogP contribution in [0.3, 0.4) is 0 Å². The molecule has 5 heteroatoms. The first-order chi connectivity index (χ1) is 8.04. The molecule has 1 heterocycles. The Kier molecular flexibility index (Phi) is 5.62. The monoisotopic (exact) mass is 257 g/mol. The van der Waals surface area contributed by atoms with E-state index in [4.69, 9.17) is 11.6 Å². The molecule has 0 fully saturated rings. The van der Waals surface area contributed by atoms with Crippen molar-refractivity contribution < 1.29 is 4.79 Å². The van der Waals surface area contributed by atoms with Crippen LogP contribution in [0.1, 0.15) is 33.0 Å². The minimum Gasteiger partial charge on any atom is -0.300 e. The first-order valence-corrected chi connectivity index (χ1v) is 6.51. The second-order valence-electron chi connectivity index (χ2n) is 4.74. The minimum absolute atomic E-state index is 0.0392. The molecule has 0 N–H and O–H groups in total. The number of alkyl halides is 1. The van der Waals surface area contributed by atoms with E-state index in [0.29, 0.717) is 24.6 Å². The predicted octanol–water partition coefficient (Wildman–Crippen LogP) is 2.31. The molecule has 1 aromatic heterocycles. The van der Waals surface area contributed by atoms with Crippen molar-refractivity contribution in [3.63, 3.8) is 0 Å². The van der Waals surface area contributed by atoms with E-state index in [1.54, 1.807) is 13.3 Å². The van der Waals surface area contributed by atoms with Gasteiger partial charge in [0.25, 0.3) is 0 Å². The van der Waals surface area contributed by atoms with Gasteiger partial charge in [-0.1, -0.05) is 13.8 Å². The summed E-state index contributed by atoms with van der Waals surface area (Å²) < 4.78 is 1.88. The highest BCUT2D eigenvalue weighted by molar-refractivity contribution is 6.18. The molecule has 0 saturated heterocycles. The van der Waals surface area contributed by atoms with Crippen molar-refractivity contribution in [2.75, 3.05) is 5.88 Å². The zero-order valence-electron chi connectivity index (χ0n) is 10.7. The zero-order valence-corrected chi connectivity index (χ0v) is 11.4. The smallest absolute Gasteiger partial charge is 0.138 e. The third-order valence-electron chi connectivity index (χ3n) is 2.70. The second kappa shape index (κ2) is 6.74. The number of ketones is 1. The molecule has 1 aromatic rings. The van der Waals surface area contributed by atoms with Gasteiger partial charge in [0.2, 0.25) is 0 Å². The van der Waals surface area contributed by atoms with Crippen LogP contribution in [0.5, 0.6) is 0 Å². The van der Waals surface area contributed by atoms with Gasteiger partial charge in [0.1, 0.15) is 17.9 Å². The van der Waals surface area contributed by atoms with Crippen LogP contribution in [0.15, 0.2) is 6.33 Å². The van der Waals surface area contributed by atoms with Crippen molar-refractivity contribution in [1.82, 2.24) is 14.8 Å². The summed E-state index contributed by atoms with van der Waals surface area (Å²) in [4.78, 5) is 15.7. The summed E-state index contributed by atoms with van der Waals surface area (Å²) in [6.07, 6.45) is 2.88. The van der Waals surface area contributed by atoms with E-state index in [2.05, 4.69) is 23.9 Å². The van der Waals surface area contributed by atoms with Crippen LogP contribution in [-0.2, 0) is 17.8 Å². The van der Waals surface area contributed by atoms with Crippen molar-refractivity contribution >= 4 is 17.4 Å². The van der Waals surface area contributed by atoms with Crippen molar-refractivity contribution in [3.8, 4) is 0 Å². The van der Waals surface area contributed by atoms with Crippen LogP contribution in [0.25, 0.3) is 0 Å². The molecule has 1 unspecified atom stereocenters. The molecular formula is C12H20ClN3O. The van der Waals surface area contributed by atoms with Gasteiger partial charge >= 0.3 is 0 Å². The minimum atomic E-state index is -0.0392. The molecule has 0 spiro atoms. The van der Waals surface area contributed by atoms with Crippen LogP contribution in [0, 0.1) is 11.8 Å². The number of carbonyl (C=O) groups is 1. The van der Waals surface area contributed by atoms with E-state index in [9.17, 15) is 4.79 Å². The Morgan fingerprint density at radius 3 is 2.76 bits per heavy atom. The van der Waals surface area contributed by atoms with Gasteiger partial charge in [-0.2, -0.15) is 5.10 Å². The number of carbonyl (C=O) groups excluding carboxylic acids is 1. The van der Waals surface area contributed by atoms with Gasteiger partial charge in [-0.3, -0.25) is 4.79 Å². The molecule has 0 saturated carbocycles. The Morgan fingerprint density at radius 2 is 2.24 bits per heavy atom. The highest BCUT2D eigenvalue weighted by atomic mass is 35.5. The SMILES string of the molecule is CC(=O)C(CCCl)Cc1ncnn1CC(C)C. The number of aromatic nitrogens is 3. The lowest BCUT2D eigenvalue weighted by atomic mass is 9.98. The average molecular weight is 258 g/mol. The average Bonchev–Trinajstić information content (AvgIpc) is 2.64. The summed E-state index contributed by atoms with van der Waals surface area (Å²) in [6.45, 7) is 6.71. The summed E-state index contributed by atoms with van der Waals surface area (Å²) >= 11 is 5.71. The summed E-state index contributed by atoms with van der Waals surface area (Å²) in [5, 5.41) is 4.19. The topological polar surface area (TPSA) is 47.8 Å². The standard InChI is InChI=1S/C12H20ClN3O/c1-9(2)7-16-12(14-8-15-16)6-11(4-5-13)10(3)17/h8-9,11H,4-7H2,1-3H3. The van der Waals surface area contributed by atoms with E-state index >= 15 is 0 Å². The highest BCUT2D eigenvalue weighted by Gasteiger charge is 2.17. The lowest BCUT2D eigenvalue weighted by molar-refractivity contribution is -0.120. The molecule has 0 amide bonds. The Balaban J connectivity index is 2.71. The lowest BCUT2D eigenvalue weighted by Crippen LogP contribution is -2.19. The quantitative estimate of drug-likeness (QED) is 0.705. The molecule has 0 aliphatic heterocycles. The fourth-order valence-electron chi connectivity index (χ4n) is 1.75. The van der Waals surface area contributed by atoms with Gasteiger partial charge in [-0.05, 0) is 19.3 Å². The van der Waals surface area contributed by atoms with Crippen LogP contribution in [-0.4, -0.2) is 26.4 Å². The number of hydrogen-bond donors (Lipinski definition) is 0. The fraction of sp³-hybridized carbons (Fsp3) is 0.750. The third-order valence-corrected chi connectivity index (χ3v) is 2.91. The van der Waals surface area contributed by atoms with Crippen LogP contribution in [0.2, 0.25) is 0 Å². The fourth-order valence-corrected chi connectivity index (χ4v) is 2.01. The summed E-state index contributed by atoms with van der Waals surface area (Å²) in [5.74, 6) is 2.03. The lowest BCUT2D eigenvalue weighted by Gasteiger charge is -2.13. The Hall–Kier alpha value is -0.900. The number of rotatable bonds is 7. The van der Waals surface area contributed by atoms with Gasteiger partial charge in [0.05, 0.1) is 0 Å². The van der Waals surface area contributed by atoms with E-state index in [1.807, 2.05) is 4.68 Å². The normalized spacial score (nSPS) is 13.0. The molecule has 0 radical (unpaired) electrons. The Bertz CT molecular complexity index is 362. The summed E-state index contributed by atoms with van der Waals surface area (Å²) in [7, 11) is 0. The number of hydrogen-bond acceptors (Lipinski definition) is 3. The maximum atomic E-state index is 11.5. The van der Waals surface area contributed by atoms with Crippen LogP contribution in [0.4, 0.5) is 0 Å². The van der Waals surface area contributed by atoms with E-state index < -0.39 is 0 Å². The van der Waals surface area contributed by atoms with Gasteiger partial charge in [-0.25, -0.2) is 9.67 Å². The maximum Gasteiger partial charge on any atom is 0.138 e. The van der Waals surface area contributed by atoms with E-state index in [1.165, 1.54) is 0 Å². The van der Waals surface area contributed by atoms with E-state index in [0.717, 1.165) is 12.4 Å². The van der Waals surface area contributed by atoms with Crippen molar-refractivity contribution in [1.29, 1.82) is 0 Å². The molecular weight excluding hydrogens is 238 g/mol. The molecule has 1 atom stereocenters. The number of nitrogens with zero attached hydrogens (tertiary/aromatic N) is 3. The molecule has 0 bridgehead atoms. The molecule has 0 aliphatic rings. The second-order valence-corrected chi connectivity index (χ2v) is 5.12. The largest absolute Gasteiger partial charge is 0.300 e. The van der Waals surface area contributed by atoms with Crippen molar-refractivity contribution in [3.05, 3.63) is 12.2 Å². The van der Waals surface area contributed by atoms with Crippen molar-refractivity contribution in [2.45, 2.75) is 40.2 Å². The van der Waals surface area contributed by atoms with Crippen molar-refractivity contribution in [2.24, 2.45) is 11.8 Å². The summed E-state index contributed by atoms with van der Waals surface area (Å²) in [5.41, 5.74) is 0. The van der Waals surface area contributed by atoms with Crippen LogP contribution >= 0.6 is 11.6 Å². The highest BCUT2D eigenvalue weighted by Crippen LogP contribution is 2.13. The zero-order chi connectivity index (χ0) is 12.8. The van der Waals surface area contributed by atoms with Gasteiger partial charge < -0.3 is 0 Å².